The third-order valence-electron chi connectivity index (χ3n) is 3.92. The lowest BCUT2D eigenvalue weighted by molar-refractivity contribution is 0.964. The van der Waals surface area contributed by atoms with Crippen LogP contribution in [-0.4, -0.2) is 9.55 Å². The van der Waals surface area contributed by atoms with Crippen molar-refractivity contribution in [3.05, 3.63) is 82.4 Å². The van der Waals surface area contributed by atoms with Gasteiger partial charge in [-0.2, -0.15) is 5.26 Å². The first-order valence-corrected chi connectivity index (χ1v) is 7.96. The predicted octanol–water partition coefficient (Wildman–Crippen LogP) is 5.21. The lowest BCUT2D eigenvalue weighted by atomic mass is 10.1. The van der Waals surface area contributed by atoms with Crippen molar-refractivity contribution in [1.82, 2.24) is 9.55 Å². The second kappa shape index (κ2) is 6.74. The molecule has 0 amide bonds. The molecule has 2 heterocycles. The van der Waals surface area contributed by atoms with Gasteiger partial charge in [0.25, 0.3) is 0 Å². The van der Waals surface area contributed by atoms with Gasteiger partial charge in [0.05, 0.1) is 11.3 Å². The Bertz CT molecular complexity index is 930. The lowest BCUT2D eigenvalue weighted by Gasteiger charge is -2.09. The van der Waals surface area contributed by atoms with Gasteiger partial charge < -0.3 is 4.57 Å². The second-order valence-electron chi connectivity index (χ2n) is 5.52. The van der Waals surface area contributed by atoms with E-state index in [-0.39, 0.29) is 0 Å². The van der Waals surface area contributed by atoms with E-state index in [9.17, 15) is 5.26 Å². The number of hydrogen-bond acceptors (Lipinski definition) is 2. The van der Waals surface area contributed by atoms with Gasteiger partial charge in [-0.25, -0.2) is 0 Å². The smallest absolute Gasteiger partial charge is 0.101 e. The fourth-order valence-electron chi connectivity index (χ4n) is 2.76. The van der Waals surface area contributed by atoms with E-state index >= 15 is 0 Å². The number of hydrogen-bond donors (Lipinski definition) is 0. The molecule has 0 saturated heterocycles. The minimum atomic E-state index is 0.548. The zero-order valence-electron chi connectivity index (χ0n) is 13.5. The summed E-state index contributed by atoms with van der Waals surface area (Å²) in [6, 6.07) is 17.6. The molecule has 3 aromatic rings. The average Bonchev–Trinajstić information content (AvgIpc) is 2.88. The summed E-state index contributed by atoms with van der Waals surface area (Å²) in [5.74, 6) is 0. The molecule has 4 heteroatoms. The lowest BCUT2D eigenvalue weighted by Crippen LogP contribution is -1.98. The summed E-state index contributed by atoms with van der Waals surface area (Å²) in [4.78, 5) is 4.26. The molecule has 0 atom stereocenters. The van der Waals surface area contributed by atoms with Crippen molar-refractivity contribution < 1.29 is 0 Å². The molecular weight excluding hydrogens is 318 g/mol. The van der Waals surface area contributed by atoms with E-state index in [0.29, 0.717) is 16.3 Å². The van der Waals surface area contributed by atoms with Gasteiger partial charge in [-0.15, -0.1) is 0 Å². The van der Waals surface area contributed by atoms with Crippen LogP contribution >= 0.6 is 11.6 Å². The molecule has 0 fully saturated rings. The van der Waals surface area contributed by atoms with Crippen LogP contribution in [0, 0.1) is 25.2 Å². The highest BCUT2D eigenvalue weighted by Crippen LogP contribution is 2.25. The summed E-state index contributed by atoms with van der Waals surface area (Å²) in [5.41, 5.74) is 5.44. The van der Waals surface area contributed by atoms with Crippen molar-refractivity contribution in [3.8, 4) is 11.8 Å². The maximum absolute atomic E-state index is 9.48. The van der Waals surface area contributed by atoms with Gasteiger partial charge in [0.2, 0.25) is 0 Å². The summed E-state index contributed by atoms with van der Waals surface area (Å²) < 4.78 is 2.15. The summed E-state index contributed by atoms with van der Waals surface area (Å²) in [6.07, 6.45) is 3.58. The molecule has 0 bridgehead atoms. The molecule has 0 aliphatic heterocycles. The van der Waals surface area contributed by atoms with Crippen LogP contribution in [0.2, 0.25) is 5.02 Å². The van der Waals surface area contributed by atoms with Crippen molar-refractivity contribution in [2.75, 3.05) is 0 Å². The van der Waals surface area contributed by atoms with E-state index in [4.69, 9.17) is 11.6 Å². The molecular formula is C20H16ClN3. The molecule has 24 heavy (non-hydrogen) atoms. The fraction of sp³-hybridized carbons (Fsp3) is 0.100. The Morgan fingerprint density at radius 1 is 1.17 bits per heavy atom. The Labute approximate surface area is 146 Å². The van der Waals surface area contributed by atoms with Crippen LogP contribution in [0.1, 0.15) is 22.6 Å². The topological polar surface area (TPSA) is 41.6 Å². The number of benzene rings is 1. The first-order valence-electron chi connectivity index (χ1n) is 7.58. The SMILES string of the molecule is Cc1cc(/C=C(\C#N)c2ccccn2)c(C)n1-c1ccc(Cl)cc1. The van der Waals surface area contributed by atoms with Crippen molar-refractivity contribution >= 4 is 23.3 Å². The van der Waals surface area contributed by atoms with Crippen LogP contribution in [-0.2, 0) is 0 Å². The van der Waals surface area contributed by atoms with Gasteiger partial charge in [-0.1, -0.05) is 17.7 Å². The first-order chi connectivity index (χ1) is 11.6. The molecule has 1 aromatic carbocycles. The van der Waals surface area contributed by atoms with Crippen molar-refractivity contribution in [2.45, 2.75) is 13.8 Å². The van der Waals surface area contributed by atoms with Gasteiger partial charge in [0.1, 0.15) is 6.07 Å². The first kappa shape index (κ1) is 16.0. The third-order valence-corrected chi connectivity index (χ3v) is 4.17. The number of allylic oxidation sites excluding steroid dienone is 1. The maximum Gasteiger partial charge on any atom is 0.101 e. The van der Waals surface area contributed by atoms with Crippen molar-refractivity contribution in [2.24, 2.45) is 0 Å². The number of nitriles is 1. The van der Waals surface area contributed by atoms with Gasteiger partial charge in [0, 0.05) is 28.3 Å². The van der Waals surface area contributed by atoms with Crippen LogP contribution in [0.15, 0.2) is 54.7 Å². The fourth-order valence-corrected chi connectivity index (χ4v) is 2.89. The second-order valence-corrected chi connectivity index (χ2v) is 5.96. The standard InChI is InChI=1S/C20H16ClN3/c1-14-11-16(12-17(13-22)20-5-3-4-10-23-20)15(2)24(14)19-8-6-18(21)7-9-19/h3-12H,1-2H3/b17-12+. The Hall–Kier alpha value is -2.83. The van der Waals surface area contributed by atoms with Crippen molar-refractivity contribution in [3.63, 3.8) is 0 Å². The molecule has 0 radical (unpaired) electrons. The average molecular weight is 334 g/mol. The van der Waals surface area contributed by atoms with E-state index in [1.165, 1.54) is 0 Å². The zero-order valence-corrected chi connectivity index (χ0v) is 14.2. The number of aryl methyl sites for hydroxylation is 1. The zero-order chi connectivity index (χ0) is 17.1. The maximum atomic E-state index is 9.48. The van der Waals surface area contributed by atoms with E-state index in [1.807, 2.05) is 62.4 Å². The van der Waals surface area contributed by atoms with Crippen LogP contribution < -0.4 is 0 Å². The van der Waals surface area contributed by atoms with E-state index in [1.54, 1.807) is 6.20 Å². The molecule has 3 rings (SSSR count). The van der Waals surface area contributed by atoms with Crippen molar-refractivity contribution in [1.29, 1.82) is 5.26 Å². The highest BCUT2D eigenvalue weighted by Gasteiger charge is 2.11. The normalized spacial score (nSPS) is 11.3. The molecule has 3 nitrogen and oxygen atoms in total. The number of aromatic nitrogens is 2. The minimum absolute atomic E-state index is 0.548. The third kappa shape index (κ3) is 3.10. The molecule has 0 saturated carbocycles. The Morgan fingerprint density at radius 2 is 1.92 bits per heavy atom. The summed E-state index contributed by atoms with van der Waals surface area (Å²) in [7, 11) is 0. The molecule has 118 valence electrons. The Kier molecular flexibility index (Phi) is 4.50. The minimum Gasteiger partial charge on any atom is -0.318 e. The van der Waals surface area contributed by atoms with Crippen LogP contribution in [0.25, 0.3) is 17.3 Å². The highest BCUT2D eigenvalue weighted by molar-refractivity contribution is 6.30. The van der Waals surface area contributed by atoms with E-state index in [0.717, 1.165) is 22.6 Å². The van der Waals surface area contributed by atoms with E-state index < -0.39 is 0 Å². The molecule has 0 aliphatic carbocycles. The highest BCUT2D eigenvalue weighted by atomic mass is 35.5. The Balaban J connectivity index is 2.08. The monoisotopic (exact) mass is 333 g/mol. The number of halogens is 1. The number of pyridine rings is 1. The largest absolute Gasteiger partial charge is 0.318 e. The van der Waals surface area contributed by atoms with Gasteiger partial charge in [0.15, 0.2) is 0 Å². The van der Waals surface area contributed by atoms with Crippen LogP contribution in [0.3, 0.4) is 0 Å². The number of nitrogens with zero attached hydrogens (tertiary/aromatic N) is 3. The summed E-state index contributed by atoms with van der Waals surface area (Å²) >= 11 is 5.98. The predicted molar refractivity (Wildman–Crippen MR) is 98.0 cm³/mol. The summed E-state index contributed by atoms with van der Waals surface area (Å²) in [6.45, 7) is 4.09. The molecule has 2 aromatic heterocycles. The number of rotatable bonds is 3. The molecule has 0 N–H and O–H groups in total. The van der Waals surface area contributed by atoms with Gasteiger partial charge in [-0.3, -0.25) is 4.98 Å². The Morgan fingerprint density at radius 3 is 2.54 bits per heavy atom. The molecule has 0 unspecified atom stereocenters. The van der Waals surface area contributed by atoms with Crippen LogP contribution in [0.5, 0.6) is 0 Å². The molecule has 0 aliphatic rings. The van der Waals surface area contributed by atoms with Gasteiger partial charge >= 0.3 is 0 Å². The summed E-state index contributed by atoms with van der Waals surface area (Å²) in [5, 5.41) is 10.2. The quantitative estimate of drug-likeness (QED) is 0.617. The molecule has 0 spiro atoms. The van der Waals surface area contributed by atoms with Crippen LogP contribution in [0.4, 0.5) is 0 Å². The van der Waals surface area contributed by atoms with Gasteiger partial charge in [-0.05, 0) is 68.0 Å². The van der Waals surface area contributed by atoms with E-state index in [2.05, 4.69) is 21.7 Å².